The van der Waals surface area contributed by atoms with Crippen LogP contribution in [-0.2, 0) is 12.8 Å². The van der Waals surface area contributed by atoms with Gasteiger partial charge in [-0.2, -0.15) is 0 Å². The van der Waals surface area contributed by atoms with Crippen molar-refractivity contribution < 1.29 is 15.3 Å². The maximum absolute atomic E-state index is 10.8. The van der Waals surface area contributed by atoms with Crippen LogP contribution in [0.3, 0.4) is 0 Å². The van der Waals surface area contributed by atoms with Crippen LogP contribution in [0, 0.1) is 0 Å². The predicted molar refractivity (Wildman–Crippen MR) is 140 cm³/mol. The van der Waals surface area contributed by atoms with E-state index < -0.39 is 0 Å². The lowest BCUT2D eigenvalue weighted by Gasteiger charge is -2.16. The molecule has 6 rings (SSSR count). The summed E-state index contributed by atoms with van der Waals surface area (Å²) in [5.74, 6) is 0.755. The largest absolute Gasteiger partial charge is 0.507 e. The Bertz CT molecular complexity index is 1440. The molecule has 0 aliphatic heterocycles. The average molecular weight is 460 g/mol. The second-order valence-corrected chi connectivity index (χ2v) is 9.12. The van der Waals surface area contributed by atoms with Crippen LogP contribution in [0.1, 0.15) is 46.5 Å². The molecular formula is C31H25NO3. The lowest BCUT2D eigenvalue weighted by Crippen LogP contribution is -2.01. The fraction of sp³-hybridized carbons (Fsp3) is 0.129. The van der Waals surface area contributed by atoms with Crippen LogP contribution in [-0.4, -0.2) is 20.3 Å². The van der Waals surface area contributed by atoms with Crippen LogP contribution < -0.4 is 0 Å². The highest BCUT2D eigenvalue weighted by atomic mass is 16.3. The van der Waals surface area contributed by atoms with Gasteiger partial charge >= 0.3 is 0 Å². The number of nitrogens with zero attached hydrogens (tertiary/aromatic N) is 1. The minimum Gasteiger partial charge on any atom is -0.507 e. The molecule has 1 heterocycles. The van der Waals surface area contributed by atoms with Gasteiger partial charge in [0, 0.05) is 16.7 Å². The number of aromatic hydroxyl groups is 3. The molecule has 0 spiro atoms. The number of hydrogen-bond acceptors (Lipinski definition) is 4. The number of benzene rings is 3. The van der Waals surface area contributed by atoms with E-state index in [1.54, 1.807) is 18.2 Å². The van der Waals surface area contributed by atoms with Crippen molar-refractivity contribution in [3.63, 3.8) is 0 Å². The third-order valence-corrected chi connectivity index (χ3v) is 7.00. The molecule has 4 aromatic rings. The molecule has 35 heavy (non-hydrogen) atoms. The van der Waals surface area contributed by atoms with Crippen molar-refractivity contribution >= 4 is 23.3 Å². The predicted octanol–water partition coefficient (Wildman–Crippen LogP) is 6.84. The van der Waals surface area contributed by atoms with Crippen molar-refractivity contribution in [3.05, 3.63) is 106 Å². The van der Waals surface area contributed by atoms with Crippen molar-refractivity contribution in [3.8, 4) is 28.4 Å². The van der Waals surface area contributed by atoms with E-state index in [-0.39, 0.29) is 17.2 Å². The number of phenols is 3. The highest BCUT2D eigenvalue weighted by Crippen LogP contribution is 2.48. The quantitative estimate of drug-likeness (QED) is 0.314. The first kappa shape index (κ1) is 21.2. The molecule has 3 N–H and O–H groups in total. The molecule has 2 aliphatic rings. The van der Waals surface area contributed by atoms with Gasteiger partial charge < -0.3 is 15.3 Å². The molecule has 0 atom stereocenters. The topological polar surface area (TPSA) is 73.6 Å². The Morgan fingerprint density at radius 1 is 0.543 bits per heavy atom. The summed E-state index contributed by atoms with van der Waals surface area (Å²) in [4.78, 5) is 5.18. The first-order valence-electron chi connectivity index (χ1n) is 11.9. The minimum atomic E-state index is 0.246. The molecule has 0 unspecified atom stereocenters. The summed E-state index contributed by atoms with van der Waals surface area (Å²) in [7, 11) is 0. The molecule has 3 aromatic carbocycles. The molecule has 4 heteroatoms. The molecule has 0 amide bonds. The van der Waals surface area contributed by atoms with Gasteiger partial charge in [0.15, 0.2) is 0 Å². The number of aromatic nitrogens is 1. The second-order valence-electron chi connectivity index (χ2n) is 9.12. The highest BCUT2D eigenvalue weighted by molar-refractivity contribution is 5.95. The van der Waals surface area contributed by atoms with Gasteiger partial charge in [-0.25, -0.2) is 4.98 Å². The van der Waals surface area contributed by atoms with E-state index in [0.717, 1.165) is 81.6 Å². The standard InChI is InChI=1S/C31H25NO3/c33-26-10-4-1-7-19(26)17-21-13-15-24-29(23-9-3-6-12-28(23)35)25-16-14-22(31(25)32-30(21)24)18-20-8-2-5-11-27(20)34/h1-12,17-18,33-35H,13-16H2/b21-17+,22-18+. The average Bonchev–Trinajstić information content (AvgIpc) is 3.45. The summed E-state index contributed by atoms with van der Waals surface area (Å²) in [5, 5.41) is 31.5. The van der Waals surface area contributed by atoms with Gasteiger partial charge in [-0.3, -0.25) is 0 Å². The lowest BCUT2D eigenvalue weighted by atomic mass is 9.92. The number of allylic oxidation sites excluding steroid dienone is 2. The van der Waals surface area contributed by atoms with Gasteiger partial charge in [-0.1, -0.05) is 54.6 Å². The van der Waals surface area contributed by atoms with Crippen LogP contribution in [0.2, 0.25) is 0 Å². The van der Waals surface area contributed by atoms with E-state index in [9.17, 15) is 15.3 Å². The van der Waals surface area contributed by atoms with Crippen LogP contribution in [0.25, 0.3) is 34.4 Å². The number of phenolic OH excluding ortho intramolecular Hbond substituents is 3. The number of hydrogen-bond donors (Lipinski definition) is 3. The summed E-state index contributed by atoms with van der Waals surface area (Å²) in [6.45, 7) is 0. The van der Waals surface area contributed by atoms with E-state index in [1.165, 1.54) is 0 Å². The van der Waals surface area contributed by atoms with E-state index in [1.807, 2.05) is 66.7 Å². The normalized spacial score (nSPS) is 16.6. The Hall–Kier alpha value is -4.31. The second kappa shape index (κ2) is 8.48. The Kier molecular flexibility index (Phi) is 5.14. The van der Waals surface area contributed by atoms with Gasteiger partial charge in [0.05, 0.1) is 11.4 Å². The highest BCUT2D eigenvalue weighted by Gasteiger charge is 2.31. The van der Waals surface area contributed by atoms with E-state index in [2.05, 4.69) is 0 Å². The monoisotopic (exact) mass is 459 g/mol. The number of rotatable bonds is 3. The maximum atomic E-state index is 10.8. The summed E-state index contributed by atoms with van der Waals surface area (Å²) in [6.07, 6.45) is 7.35. The van der Waals surface area contributed by atoms with Crippen molar-refractivity contribution in [1.29, 1.82) is 0 Å². The van der Waals surface area contributed by atoms with E-state index >= 15 is 0 Å². The smallest absolute Gasteiger partial charge is 0.123 e. The Morgan fingerprint density at radius 3 is 1.49 bits per heavy atom. The molecule has 2 aliphatic carbocycles. The van der Waals surface area contributed by atoms with Crippen LogP contribution in [0.5, 0.6) is 17.2 Å². The van der Waals surface area contributed by atoms with Crippen LogP contribution in [0.15, 0.2) is 72.8 Å². The first-order valence-corrected chi connectivity index (χ1v) is 11.9. The fourth-order valence-electron chi connectivity index (χ4n) is 5.33. The fourth-order valence-corrected chi connectivity index (χ4v) is 5.33. The summed E-state index contributed by atoms with van der Waals surface area (Å²) >= 11 is 0. The molecule has 4 nitrogen and oxygen atoms in total. The number of pyridine rings is 1. The van der Waals surface area contributed by atoms with Gasteiger partial charge in [0.25, 0.3) is 0 Å². The molecule has 0 fully saturated rings. The molecule has 0 saturated heterocycles. The first-order chi connectivity index (χ1) is 17.1. The van der Waals surface area contributed by atoms with E-state index in [0.29, 0.717) is 0 Å². The molecule has 0 bridgehead atoms. The van der Waals surface area contributed by atoms with Gasteiger partial charge in [0.2, 0.25) is 0 Å². The summed E-state index contributed by atoms with van der Waals surface area (Å²) in [6, 6.07) is 22.2. The Balaban J connectivity index is 1.59. The van der Waals surface area contributed by atoms with Crippen LogP contribution >= 0.6 is 0 Å². The Morgan fingerprint density at radius 2 is 1.00 bits per heavy atom. The summed E-state index contributed by atoms with van der Waals surface area (Å²) in [5.41, 5.74) is 9.75. The zero-order valence-corrected chi connectivity index (χ0v) is 19.2. The lowest BCUT2D eigenvalue weighted by molar-refractivity contribution is 0.473. The zero-order valence-electron chi connectivity index (χ0n) is 19.2. The van der Waals surface area contributed by atoms with Crippen molar-refractivity contribution in [2.45, 2.75) is 25.7 Å². The SMILES string of the molecule is Oc1ccccc1/C=C1\CCc2c1nc1c(c2-c2ccccc2O)CC/C1=C\c1ccccc1O. The molecule has 172 valence electrons. The maximum Gasteiger partial charge on any atom is 0.123 e. The minimum absolute atomic E-state index is 0.246. The zero-order chi connectivity index (χ0) is 23.9. The van der Waals surface area contributed by atoms with Gasteiger partial charge in [0.1, 0.15) is 17.2 Å². The summed E-state index contributed by atoms with van der Waals surface area (Å²) < 4.78 is 0. The Labute approximate surface area is 204 Å². The number of fused-ring (bicyclic) bond motifs is 2. The van der Waals surface area contributed by atoms with Crippen molar-refractivity contribution in [1.82, 2.24) is 4.98 Å². The van der Waals surface area contributed by atoms with Crippen molar-refractivity contribution in [2.24, 2.45) is 0 Å². The third kappa shape index (κ3) is 3.68. The van der Waals surface area contributed by atoms with Gasteiger partial charge in [-0.05, 0) is 83.9 Å². The molecule has 0 radical (unpaired) electrons. The molecule has 0 saturated carbocycles. The molecular weight excluding hydrogens is 434 g/mol. The third-order valence-electron chi connectivity index (χ3n) is 7.00. The van der Waals surface area contributed by atoms with Crippen molar-refractivity contribution in [2.75, 3.05) is 0 Å². The molecule has 1 aromatic heterocycles. The number of para-hydroxylation sites is 3. The van der Waals surface area contributed by atoms with Crippen LogP contribution in [0.4, 0.5) is 0 Å². The van der Waals surface area contributed by atoms with Gasteiger partial charge in [-0.15, -0.1) is 0 Å². The van der Waals surface area contributed by atoms with E-state index in [4.69, 9.17) is 4.98 Å².